The Morgan fingerprint density at radius 1 is 1.06 bits per heavy atom. The summed E-state index contributed by atoms with van der Waals surface area (Å²) in [5.41, 5.74) is 8.94. The van der Waals surface area contributed by atoms with Gasteiger partial charge in [-0.15, -0.1) is 0 Å². The van der Waals surface area contributed by atoms with Crippen LogP contribution in [0.5, 0.6) is 0 Å². The Kier molecular flexibility index (Phi) is 6.51. The number of para-hydroxylation sites is 1. The van der Waals surface area contributed by atoms with Crippen molar-refractivity contribution in [3.05, 3.63) is 72.7 Å². The van der Waals surface area contributed by atoms with Crippen molar-refractivity contribution in [1.29, 1.82) is 0 Å². The Balaban J connectivity index is 1.51. The normalized spacial score (nSPS) is 11.0. The Morgan fingerprint density at radius 2 is 1.84 bits per heavy atom. The fraction of sp³-hybridized carbons (Fsp3) is 0.167. The van der Waals surface area contributed by atoms with E-state index in [1.807, 2.05) is 44.2 Å². The van der Waals surface area contributed by atoms with Crippen LogP contribution in [0.3, 0.4) is 0 Å². The molecule has 2 heterocycles. The maximum Gasteiger partial charge on any atom is 0.338 e. The van der Waals surface area contributed by atoms with Gasteiger partial charge in [0.15, 0.2) is 5.82 Å². The van der Waals surface area contributed by atoms with E-state index in [0.29, 0.717) is 28.7 Å². The molecule has 0 fully saturated rings. The SMILES string of the molecule is CC(C)COC(=O)c1ccc(Nc2ncnc(Sc3cccc4cccnc34)c2N)cc1. The molecule has 0 saturated heterocycles. The lowest BCUT2D eigenvalue weighted by atomic mass is 10.2. The molecule has 32 heavy (non-hydrogen) atoms. The van der Waals surface area contributed by atoms with Gasteiger partial charge in [-0.05, 0) is 42.3 Å². The number of carbonyl (C=O) groups excluding carboxylic acids is 1. The van der Waals surface area contributed by atoms with Crippen LogP contribution >= 0.6 is 11.8 Å². The van der Waals surface area contributed by atoms with E-state index in [9.17, 15) is 4.79 Å². The molecule has 8 heteroatoms. The van der Waals surface area contributed by atoms with E-state index in [4.69, 9.17) is 10.5 Å². The van der Waals surface area contributed by atoms with Crippen molar-refractivity contribution in [1.82, 2.24) is 15.0 Å². The topological polar surface area (TPSA) is 103 Å². The lowest BCUT2D eigenvalue weighted by Gasteiger charge is -2.12. The van der Waals surface area contributed by atoms with E-state index < -0.39 is 0 Å². The minimum Gasteiger partial charge on any atom is -0.462 e. The molecular formula is C24H23N5O2S. The first-order valence-electron chi connectivity index (χ1n) is 10.2. The van der Waals surface area contributed by atoms with E-state index in [0.717, 1.165) is 21.5 Å². The van der Waals surface area contributed by atoms with Gasteiger partial charge in [-0.25, -0.2) is 14.8 Å². The van der Waals surface area contributed by atoms with Gasteiger partial charge in [0.2, 0.25) is 0 Å². The fourth-order valence-electron chi connectivity index (χ4n) is 2.98. The Hall–Kier alpha value is -3.65. The molecule has 0 aliphatic carbocycles. The van der Waals surface area contributed by atoms with Gasteiger partial charge in [0, 0.05) is 22.2 Å². The van der Waals surface area contributed by atoms with Crippen molar-refractivity contribution in [3.63, 3.8) is 0 Å². The van der Waals surface area contributed by atoms with Crippen LogP contribution in [0, 0.1) is 5.92 Å². The zero-order valence-corrected chi connectivity index (χ0v) is 18.6. The molecule has 0 aliphatic heterocycles. The number of hydrogen-bond donors (Lipinski definition) is 2. The van der Waals surface area contributed by atoms with Gasteiger partial charge < -0.3 is 15.8 Å². The molecular weight excluding hydrogens is 422 g/mol. The number of rotatable bonds is 7. The molecule has 2 aromatic heterocycles. The van der Waals surface area contributed by atoms with Gasteiger partial charge in [-0.3, -0.25) is 4.98 Å². The highest BCUT2D eigenvalue weighted by atomic mass is 32.2. The average Bonchev–Trinajstić information content (AvgIpc) is 2.81. The molecule has 0 bridgehead atoms. The van der Waals surface area contributed by atoms with E-state index in [2.05, 4.69) is 20.3 Å². The number of hydrogen-bond acceptors (Lipinski definition) is 8. The average molecular weight is 446 g/mol. The first kappa shape index (κ1) is 21.6. The highest BCUT2D eigenvalue weighted by molar-refractivity contribution is 7.99. The highest BCUT2D eigenvalue weighted by Crippen LogP contribution is 2.36. The van der Waals surface area contributed by atoms with Crippen molar-refractivity contribution in [2.75, 3.05) is 17.7 Å². The van der Waals surface area contributed by atoms with Crippen LogP contribution in [0.25, 0.3) is 10.9 Å². The Labute approximate surface area is 190 Å². The third kappa shape index (κ3) is 4.97. The molecule has 3 N–H and O–H groups in total. The summed E-state index contributed by atoms with van der Waals surface area (Å²) < 4.78 is 5.26. The molecule has 4 rings (SSSR count). The number of nitrogen functional groups attached to an aromatic ring is 1. The predicted octanol–water partition coefficient (Wildman–Crippen LogP) is 5.31. The van der Waals surface area contributed by atoms with Crippen LogP contribution in [-0.4, -0.2) is 27.5 Å². The number of carbonyl (C=O) groups is 1. The molecule has 0 aliphatic rings. The van der Waals surface area contributed by atoms with Crippen molar-refractivity contribution >= 4 is 45.8 Å². The minimum absolute atomic E-state index is 0.289. The van der Waals surface area contributed by atoms with E-state index in [1.54, 1.807) is 30.5 Å². The quantitative estimate of drug-likeness (QED) is 0.291. The third-order valence-electron chi connectivity index (χ3n) is 4.58. The van der Waals surface area contributed by atoms with Gasteiger partial charge in [0.1, 0.15) is 17.0 Å². The Bertz CT molecular complexity index is 1240. The number of pyridine rings is 1. The monoisotopic (exact) mass is 445 g/mol. The summed E-state index contributed by atoms with van der Waals surface area (Å²) in [6, 6.07) is 16.9. The molecule has 162 valence electrons. The molecule has 0 unspecified atom stereocenters. The number of nitrogens with two attached hydrogens (primary N) is 1. The largest absolute Gasteiger partial charge is 0.462 e. The standard InChI is InChI=1S/C24H23N5O2S/c1-15(2)13-31-24(30)17-8-10-18(11-9-17)29-22-20(25)23(28-14-27-22)32-19-7-3-5-16-6-4-12-26-21(16)19/h3-12,14-15H,13,25H2,1-2H3,(H,27,28,29). The Morgan fingerprint density at radius 3 is 2.62 bits per heavy atom. The third-order valence-corrected chi connectivity index (χ3v) is 5.65. The van der Waals surface area contributed by atoms with E-state index in [-0.39, 0.29) is 11.9 Å². The molecule has 7 nitrogen and oxygen atoms in total. The van der Waals surface area contributed by atoms with Crippen LogP contribution < -0.4 is 11.1 Å². The molecule has 0 saturated carbocycles. The second-order valence-corrected chi connectivity index (χ2v) is 8.60. The summed E-state index contributed by atoms with van der Waals surface area (Å²) >= 11 is 1.44. The number of nitrogens with zero attached hydrogens (tertiary/aromatic N) is 3. The molecule has 4 aromatic rings. The summed E-state index contributed by atoms with van der Waals surface area (Å²) in [6.07, 6.45) is 3.24. The number of esters is 1. The molecule has 0 amide bonds. The first-order valence-corrected chi connectivity index (χ1v) is 11.0. The smallest absolute Gasteiger partial charge is 0.338 e. The molecule has 0 radical (unpaired) electrons. The maximum atomic E-state index is 12.1. The van der Waals surface area contributed by atoms with Crippen LogP contribution in [0.15, 0.2) is 77.0 Å². The van der Waals surface area contributed by atoms with Crippen molar-refractivity contribution in [2.45, 2.75) is 23.8 Å². The summed E-state index contributed by atoms with van der Waals surface area (Å²) in [5, 5.41) is 4.88. The summed E-state index contributed by atoms with van der Waals surface area (Å²) in [4.78, 5) is 26.2. The fourth-order valence-corrected chi connectivity index (χ4v) is 3.90. The van der Waals surface area contributed by atoms with Crippen molar-refractivity contribution in [2.24, 2.45) is 5.92 Å². The predicted molar refractivity (Wildman–Crippen MR) is 127 cm³/mol. The van der Waals surface area contributed by atoms with Crippen LogP contribution in [-0.2, 0) is 4.74 Å². The van der Waals surface area contributed by atoms with Crippen LogP contribution in [0.2, 0.25) is 0 Å². The summed E-state index contributed by atoms with van der Waals surface area (Å²) in [7, 11) is 0. The second kappa shape index (κ2) is 9.65. The number of benzene rings is 2. The van der Waals surface area contributed by atoms with E-state index in [1.165, 1.54) is 18.1 Å². The summed E-state index contributed by atoms with van der Waals surface area (Å²) in [6.45, 7) is 4.38. The maximum absolute atomic E-state index is 12.1. The van der Waals surface area contributed by atoms with Crippen LogP contribution in [0.1, 0.15) is 24.2 Å². The van der Waals surface area contributed by atoms with Crippen molar-refractivity contribution < 1.29 is 9.53 Å². The molecule has 0 spiro atoms. The van der Waals surface area contributed by atoms with Gasteiger partial charge in [0.25, 0.3) is 0 Å². The molecule has 2 aromatic carbocycles. The number of anilines is 3. The zero-order chi connectivity index (χ0) is 22.5. The van der Waals surface area contributed by atoms with Gasteiger partial charge in [-0.1, -0.05) is 43.8 Å². The minimum atomic E-state index is -0.339. The first-order chi connectivity index (χ1) is 15.5. The second-order valence-electron chi connectivity index (χ2n) is 7.57. The van der Waals surface area contributed by atoms with Crippen LogP contribution in [0.4, 0.5) is 17.2 Å². The lowest BCUT2D eigenvalue weighted by Crippen LogP contribution is -2.10. The highest BCUT2D eigenvalue weighted by Gasteiger charge is 2.13. The van der Waals surface area contributed by atoms with E-state index >= 15 is 0 Å². The number of ether oxygens (including phenoxy) is 1. The van der Waals surface area contributed by atoms with Gasteiger partial charge >= 0.3 is 5.97 Å². The van der Waals surface area contributed by atoms with Gasteiger partial charge in [-0.2, -0.15) is 0 Å². The molecule has 0 atom stereocenters. The van der Waals surface area contributed by atoms with Crippen molar-refractivity contribution in [3.8, 4) is 0 Å². The summed E-state index contributed by atoms with van der Waals surface area (Å²) in [5.74, 6) is 0.442. The number of nitrogens with one attached hydrogen (secondary N) is 1. The zero-order valence-electron chi connectivity index (χ0n) is 17.8. The number of aromatic nitrogens is 3. The number of fused-ring (bicyclic) bond motifs is 1. The lowest BCUT2D eigenvalue weighted by molar-refractivity contribution is 0.0459. The van der Waals surface area contributed by atoms with Gasteiger partial charge in [0.05, 0.1) is 17.7 Å².